The van der Waals surface area contributed by atoms with Gasteiger partial charge in [-0.25, -0.2) is 0 Å². The van der Waals surface area contributed by atoms with Gasteiger partial charge in [-0.2, -0.15) is 0 Å². The molecule has 114 valence electrons. The van der Waals surface area contributed by atoms with Gasteiger partial charge in [-0.1, -0.05) is 43.3 Å². The summed E-state index contributed by atoms with van der Waals surface area (Å²) in [6.45, 7) is 5.10. The fourth-order valence-corrected chi connectivity index (χ4v) is 2.06. The molecule has 0 bridgehead atoms. The van der Waals surface area contributed by atoms with E-state index in [-0.39, 0.29) is 24.0 Å². The molecule has 2 rings (SSSR count). The Bertz CT molecular complexity index is 595. The van der Waals surface area contributed by atoms with E-state index in [0.717, 1.165) is 18.9 Å². The third-order valence-corrected chi connectivity index (χ3v) is 3.49. The highest BCUT2D eigenvalue weighted by atomic mass is 127. The average Bonchev–Trinajstić information content (AvgIpc) is 2.50. The van der Waals surface area contributed by atoms with Crippen LogP contribution in [0.1, 0.15) is 25.8 Å². The molecular formula is C17H24IN3. The summed E-state index contributed by atoms with van der Waals surface area (Å²) < 4.78 is 0. The van der Waals surface area contributed by atoms with Gasteiger partial charge in [0, 0.05) is 19.6 Å². The molecule has 0 aliphatic carbocycles. The highest BCUT2D eigenvalue weighted by Crippen LogP contribution is 2.15. The highest BCUT2D eigenvalue weighted by Gasteiger charge is 2.03. The molecule has 1 unspecified atom stereocenters. The lowest BCUT2D eigenvalue weighted by Crippen LogP contribution is -2.41. The standard InChI is InChI=1S/C17H23N3.HI/c1-4-13(2)20-17(18-3)19-12-14-9-10-15-7-5-6-8-16(15)11-14;/h5-11,13H,4,12H2,1-3H3,(H2,18,19,20);1H. The van der Waals surface area contributed by atoms with Gasteiger partial charge in [-0.3, -0.25) is 4.99 Å². The van der Waals surface area contributed by atoms with E-state index in [0.29, 0.717) is 6.04 Å². The van der Waals surface area contributed by atoms with Crippen LogP contribution < -0.4 is 10.6 Å². The number of fused-ring (bicyclic) bond motifs is 1. The molecule has 0 radical (unpaired) electrons. The van der Waals surface area contributed by atoms with Gasteiger partial charge in [0.25, 0.3) is 0 Å². The van der Waals surface area contributed by atoms with Gasteiger partial charge in [-0.15, -0.1) is 24.0 Å². The zero-order chi connectivity index (χ0) is 14.4. The molecule has 1 atom stereocenters. The number of hydrogen-bond acceptors (Lipinski definition) is 1. The summed E-state index contributed by atoms with van der Waals surface area (Å²) in [6, 6.07) is 15.4. The van der Waals surface area contributed by atoms with Crippen molar-refractivity contribution in [3.05, 3.63) is 48.0 Å². The minimum Gasteiger partial charge on any atom is -0.354 e. The zero-order valence-electron chi connectivity index (χ0n) is 12.9. The number of guanidine groups is 1. The van der Waals surface area contributed by atoms with Crippen LogP contribution >= 0.6 is 24.0 Å². The number of hydrogen-bond donors (Lipinski definition) is 2. The summed E-state index contributed by atoms with van der Waals surface area (Å²) >= 11 is 0. The average molecular weight is 397 g/mol. The van der Waals surface area contributed by atoms with E-state index >= 15 is 0 Å². The molecule has 0 aliphatic heterocycles. The Labute approximate surface area is 144 Å². The predicted octanol–water partition coefficient (Wildman–Crippen LogP) is 3.92. The second-order valence-electron chi connectivity index (χ2n) is 5.06. The van der Waals surface area contributed by atoms with Gasteiger partial charge in [-0.05, 0) is 35.7 Å². The van der Waals surface area contributed by atoms with E-state index < -0.39 is 0 Å². The van der Waals surface area contributed by atoms with E-state index in [1.807, 2.05) is 0 Å². The van der Waals surface area contributed by atoms with Crippen molar-refractivity contribution in [3.63, 3.8) is 0 Å². The quantitative estimate of drug-likeness (QED) is 0.466. The van der Waals surface area contributed by atoms with Crippen LogP contribution in [0.4, 0.5) is 0 Å². The van der Waals surface area contributed by atoms with Crippen molar-refractivity contribution in [1.29, 1.82) is 0 Å². The van der Waals surface area contributed by atoms with E-state index in [9.17, 15) is 0 Å². The van der Waals surface area contributed by atoms with Crippen LogP contribution in [-0.4, -0.2) is 19.0 Å². The Morgan fingerprint density at radius 3 is 2.52 bits per heavy atom. The maximum Gasteiger partial charge on any atom is 0.191 e. The van der Waals surface area contributed by atoms with E-state index in [2.05, 4.69) is 71.9 Å². The Hall–Kier alpha value is -1.30. The van der Waals surface area contributed by atoms with Crippen molar-refractivity contribution in [1.82, 2.24) is 10.6 Å². The summed E-state index contributed by atoms with van der Waals surface area (Å²) in [5.74, 6) is 0.854. The van der Waals surface area contributed by atoms with Gasteiger partial charge in [0.15, 0.2) is 5.96 Å². The minimum absolute atomic E-state index is 0. The number of nitrogens with one attached hydrogen (secondary N) is 2. The minimum atomic E-state index is 0. The van der Waals surface area contributed by atoms with E-state index in [1.165, 1.54) is 16.3 Å². The molecule has 0 fully saturated rings. The smallest absolute Gasteiger partial charge is 0.191 e. The van der Waals surface area contributed by atoms with Crippen LogP contribution in [0, 0.1) is 0 Å². The van der Waals surface area contributed by atoms with Gasteiger partial charge in [0.2, 0.25) is 0 Å². The summed E-state index contributed by atoms with van der Waals surface area (Å²) in [5, 5.41) is 9.27. The molecule has 4 heteroatoms. The van der Waals surface area contributed by atoms with Gasteiger partial charge >= 0.3 is 0 Å². The molecule has 0 aliphatic rings. The first-order valence-corrected chi connectivity index (χ1v) is 7.17. The Morgan fingerprint density at radius 2 is 1.86 bits per heavy atom. The van der Waals surface area contributed by atoms with Crippen molar-refractivity contribution in [2.45, 2.75) is 32.9 Å². The van der Waals surface area contributed by atoms with Crippen LogP contribution in [0.3, 0.4) is 0 Å². The predicted molar refractivity (Wildman–Crippen MR) is 102 cm³/mol. The van der Waals surface area contributed by atoms with Crippen molar-refractivity contribution in [2.24, 2.45) is 4.99 Å². The Morgan fingerprint density at radius 1 is 1.14 bits per heavy atom. The van der Waals surface area contributed by atoms with Crippen LogP contribution in [0.15, 0.2) is 47.5 Å². The molecule has 0 saturated heterocycles. The second kappa shape index (κ2) is 8.87. The summed E-state index contributed by atoms with van der Waals surface area (Å²) in [7, 11) is 1.80. The van der Waals surface area contributed by atoms with Crippen LogP contribution in [-0.2, 0) is 6.54 Å². The molecule has 21 heavy (non-hydrogen) atoms. The van der Waals surface area contributed by atoms with Crippen molar-refractivity contribution >= 4 is 40.7 Å². The number of aliphatic imine (C=N–C) groups is 1. The SMILES string of the molecule is CCC(C)NC(=NC)NCc1ccc2ccccc2c1.I. The number of benzene rings is 2. The number of halogens is 1. The van der Waals surface area contributed by atoms with Crippen LogP contribution in [0.2, 0.25) is 0 Å². The van der Waals surface area contributed by atoms with E-state index in [4.69, 9.17) is 0 Å². The molecule has 0 aromatic heterocycles. The monoisotopic (exact) mass is 397 g/mol. The Balaban J connectivity index is 0.00000220. The Kier molecular flexibility index (Phi) is 7.50. The third-order valence-electron chi connectivity index (χ3n) is 3.49. The molecular weight excluding hydrogens is 373 g/mol. The summed E-state index contributed by atoms with van der Waals surface area (Å²) in [5.41, 5.74) is 1.26. The maximum atomic E-state index is 4.25. The maximum absolute atomic E-state index is 4.25. The fraction of sp³-hybridized carbons (Fsp3) is 0.353. The molecule has 0 amide bonds. The molecule has 0 heterocycles. The van der Waals surface area contributed by atoms with Gasteiger partial charge < -0.3 is 10.6 Å². The fourth-order valence-electron chi connectivity index (χ4n) is 2.06. The lowest BCUT2D eigenvalue weighted by atomic mass is 10.1. The summed E-state index contributed by atoms with van der Waals surface area (Å²) in [4.78, 5) is 4.25. The molecule has 3 nitrogen and oxygen atoms in total. The first kappa shape index (κ1) is 17.8. The first-order valence-electron chi connectivity index (χ1n) is 7.17. The zero-order valence-corrected chi connectivity index (χ0v) is 15.2. The van der Waals surface area contributed by atoms with Crippen LogP contribution in [0.25, 0.3) is 10.8 Å². The topological polar surface area (TPSA) is 36.4 Å². The first-order chi connectivity index (χ1) is 9.72. The molecule has 0 spiro atoms. The summed E-state index contributed by atoms with van der Waals surface area (Å²) in [6.07, 6.45) is 1.08. The number of rotatable bonds is 4. The van der Waals surface area contributed by atoms with E-state index in [1.54, 1.807) is 7.05 Å². The van der Waals surface area contributed by atoms with Crippen molar-refractivity contribution in [3.8, 4) is 0 Å². The molecule has 2 aromatic rings. The lowest BCUT2D eigenvalue weighted by molar-refractivity contribution is 0.624. The second-order valence-corrected chi connectivity index (χ2v) is 5.06. The van der Waals surface area contributed by atoms with Gasteiger partial charge in [0.05, 0.1) is 0 Å². The van der Waals surface area contributed by atoms with Crippen molar-refractivity contribution < 1.29 is 0 Å². The van der Waals surface area contributed by atoms with Crippen molar-refractivity contribution in [2.75, 3.05) is 7.05 Å². The largest absolute Gasteiger partial charge is 0.354 e. The van der Waals surface area contributed by atoms with Gasteiger partial charge in [0.1, 0.15) is 0 Å². The molecule has 2 aromatic carbocycles. The number of nitrogens with zero attached hydrogens (tertiary/aromatic N) is 1. The third kappa shape index (κ3) is 5.19. The molecule has 2 N–H and O–H groups in total. The van der Waals surface area contributed by atoms with Crippen LogP contribution in [0.5, 0.6) is 0 Å². The normalized spacial score (nSPS) is 12.6. The highest BCUT2D eigenvalue weighted by molar-refractivity contribution is 14.0. The molecule has 0 saturated carbocycles. The lowest BCUT2D eigenvalue weighted by Gasteiger charge is -2.16.